The molecule has 0 atom stereocenters. The van der Waals surface area contributed by atoms with Crippen molar-refractivity contribution in [2.75, 3.05) is 14.2 Å². The zero-order chi connectivity index (χ0) is 11.0. The number of hydrogen-bond acceptors (Lipinski definition) is 4. The third kappa shape index (κ3) is 4.21. The van der Waals surface area contributed by atoms with Crippen molar-refractivity contribution >= 4 is 14.8 Å². The second-order valence-electron chi connectivity index (χ2n) is 3.07. The van der Waals surface area contributed by atoms with Gasteiger partial charge in [0.2, 0.25) is 0 Å². The summed E-state index contributed by atoms with van der Waals surface area (Å²) < 4.78 is 15.7. The van der Waals surface area contributed by atoms with E-state index in [9.17, 15) is 4.79 Å². The SMILES string of the molecule is CCCC(=O)O[Si](CCC)(OC)OC. The molecule has 0 aromatic heterocycles. The monoisotopic (exact) mass is 220 g/mol. The summed E-state index contributed by atoms with van der Waals surface area (Å²) in [6, 6.07) is 0.676. The minimum absolute atomic E-state index is 0.226. The van der Waals surface area contributed by atoms with Gasteiger partial charge in [0.25, 0.3) is 5.97 Å². The Labute approximate surface area is 86.9 Å². The van der Waals surface area contributed by atoms with E-state index in [1.54, 1.807) is 0 Å². The normalized spacial score (nSPS) is 11.4. The summed E-state index contributed by atoms with van der Waals surface area (Å²) in [7, 11) is 0.371. The van der Waals surface area contributed by atoms with Gasteiger partial charge in [-0.1, -0.05) is 20.3 Å². The van der Waals surface area contributed by atoms with Crippen molar-refractivity contribution in [2.24, 2.45) is 0 Å². The molecule has 0 aliphatic rings. The van der Waals surface area contributed by atoms with E-state index in [1.165, 1.54) is 14.2 Å². The molecule has 0 aliphatic carbocycles. The molecule has 84 valence electrons. The van der Waals surface area contributed by atoms with E-state index >= 15 is 0 Å². The van der Waals surface area contributed by atoms with E-state index in [4.69, 9.17) is 13.3 Å². The third-order valence-electron chi connectivity index (χ3n) is 1.90. The number of carbonyl (C=O) groups is 1. The van der Waals surface area contributed by atoms with Gasteiger partial charge in [-0.15, -0.1) is 0 Å². The van der Waals surface area contributed by atoms with E-state index in [0.717, 1.165) is 12.8 Å². The molecule has 0 saturated carbocycles. The fourth-order valence-electron chi connectivity index (χ4n) is 1.16. The summed E-state index contributed by atoms with van der Waals surface area (Å²) in [6.07, 6.45) is 2.08. The Morgan fingerprint density at radius 2 is 1.71 bits per heavy atom. The Morgan fingerprint density at radius 3 is 2.07 bits per heavy atom. The molecular formula is C9H20O4Si. The van der Waals surface area contributed by atoms with Crippen molar-refractivity contribution in [3.05, 3.63) is 0 Å². The van der Waals surface area contributed by atoms with Crippen molar-refractivity contribution in [1.29, 1.82) is 0 Å². The Hall–Kier alpha value is -0.393. The van der Waals surface area contributed by atoms with E-state index < -0.39 is 8.80 Å². The van der Waals surface area contributed by atoms with Crippen LogP contribution < -0.4 is 0 Å². The molecule has 0 bridgehead atoms. The standard InChI is InChI=1S/C9H20O4Si/c1-5-7-9(10)13-14(11-3,12-4)8-6-2/h5-8H2,1-4H3. The second-order valence-corrected chi connectivity index (χ2v) is 5.95. The van der Waals surface area contributed by atoms with E-state index in [2.05, 4.69) is 0 Å². The van der Waals surface area contributed by atoms with Crippen molar-refractivity contribution in [3.63, 3.8) is 0 Å². The van der Waals surface area contributed by atoms with Gasteiger partial charge in [-0.25, -0.2) is 0 Å². The van der Waals surface area contributed by atoms with Crippen LogP contribution in [-0.4, -0.2) is 29.0 Å². The van der Waals surface area contributed by atoms with Crippen LogP contribution in [-0.2, 0) is 18.1 Å². The Morgan fingerprint density at radius 1 is 1.14 bits per heavy atom. The molecule has 0 fully saturated rings. The van der Waals surface area contributed by atoms with Crippen LogP contribution in [0, 0.1) is 0 Å². The minimum Gasteiger partial charge on any atom is -0.473 e. The highest BCUT2D eigenvalue weighted by Crippen LogP contribution is 2.16. The highest BCUT2D eigenvalue weighted by molar-refractivity contribution is 6.62. The van der Waals surface area contributed by atoms with Gasteiger partial charge < -0.3 is 13.3 Å². The van der Waals surface area contributed by atoms with Gasteiger partial charge in [-0.3, -0.25) is 4.79 Å². The Bertz CT molecular complexity index is 168. The average Bonchev–Trinajstić information content (AvgIpc) is 2.17. The largest absolute Gasteiger partial charge is 0.567 e. The van der Waals surface area contributed by atoms with Gasteiger partial charge in [0.05, 0.1) is 0 Å². The van der Waals surface area contributed by atoms with Crippen molar-refractivity contribution in [2.45, 2.75) is 39.2 Å². The molecule has 0 saturated heterocycles. The van der Waals surface area contributed by atoms with Crippen LogP contribution in [0.15, 0.2) is 0 Å². The maximum atomic E-state index is 11.3. The molecule has 0 aromatic carbocycles. The van der Waals surface area contributed by atoms with Crippen LogP contribution in [0.5, 0.6) is 0 Å². The van der Waals surface area contributed by atoms with Gasteiger partial charge in [-0.2, -0.15) is 0 Å². The van der Waals surface area contributed by atoms with Gasteiger partial charge in [0.1, 0.15) is 0 Å². The molecule has 5 heteroatoms. The lowest BCUT2D eigenvalue weighted by Crippen LogP contribution is -2.45. The predicted molar refractivity (Wildman–Crippen MR) is 55.9 cm³/mol. The molecule has 0 amide bonds. The predicted octanol–water partition coefficient (Wildman–Crippen LogP) is 1.97. The highest BCUT2D eigenvalue weighted by Gasteiger charge is 2.41. The Balaban J connectivity index is 4.26. The first kappa shape index (κ1) is 13.6. The number of hydrogen-bond donors (Lipinski definition) is 0. The molecule has 0 aromatic rings. The first-order chi connectivity index (χ1) is 6.64. The van der Waals surface area contributed by atoms with Gasteiger partial charge in [-0.05, 0) is 6.42 Å². The molecule has 0 aliphatic heterocycles. The van der Waals surface area contributed by atoms with Crippen molar-refractivity contribution in [1.82, 2.24) is 0 Å². The summed E-state index contributed by atoms with van der Waals surface area (Å²) in [5.74, 6) is -0.226. The van der Waals surface area contributed by atoms with Crippen LogP contribution in [0.1, 0.15) is 33.1 Å². The number of rotatable bonds is 7. The van der Waals surface area contributed by atoms with Gasteiger partial charge in [0, 0.05) is 26.7 Å². The molecule has 0 N–H and O–H groups in total. The number of carbonyl (C=O) groups excluding carboxylic acids is 1. The lowest BCUT2D eigenvalue weighted by atomic mass is 10.4. The zero-order valence-corrected chi connectivity index (χ0v) is 10.5. The molecule has 0 unspecified atom stereocenters. The first-order valence-corrected chi connectivity index (χ1v) is 6.89. The molecule has 14 heavy (non-hydrogen) atoms. The van der Waals surface area contributed by atoms with Crippen LogP contribution in [0.3, 0.4) is 0 Å². The highest BCUT2D eigenvalue weighted by atomic mass is 28.4. The molecule has 0 rings (SSSR count). The molecule has 0 radical (unpaired) electrons. The minimum atomic E-state index is -2.69. The van der Waals surface area contributed by atoms with E-state index in [1.807, 2.05) is 13.8 Å². The summed E-state index contributed by atoms with van der Waals surface area (Å²) in [4.78, 5) is 11.3. The van der Waals surface area contributed by atoms with Crippen molar-refractivity contribution < 1.29 is 18.1 Å². The maximum absolute atomic E-state index is 11.3. The molecule has 0 spiro atoms. The van der Waals surface area contributed by atoms with Crippen LogP contribution in [0.25, 0.3) is 0 Å². The first-order valence-electron chi connectivity index (χ1n) is 4.96. The second kappa shape index (κ2) is 6.97. The summed E-state index contributed by atoms with van der Waals surface area (Å²) in [5.41, 5.74) is 0. The topological polar surface area (TPSA) is 44.8 Å². The Kier molecular flexibility index (Phi) is 6.78. The summed E-state index contributed by atoms with van der Waals surface area (Å²) >= 11 is 0. The van der Waals surface area contributed by atoms with Crippen LogP contribution in [0.4, 0.5) is 0 Å². The van der Waals surface area contributed by atoms with Crippen molar-refractivity contribution in [3.8, 4) is 0 Å². The molecule has 0 heterocycles. The van der Waals surface area contributed by atoms with E-state index in [-0.39, 0.29) is 5.97 Å². The lowest BCUT2D eigenvalue weighted by Gasteiger charge is -2.25. The molecular weight excluding hydrogens is 200 g/mol. The fourth-order valence-corrected chi connectivity index (χ4v) is 3.06. The van der Waals surface area contributed by atoms with Gasteiger partial charge in [0.15, 0.2) is 0 Å². The third-order valence-corrected chi connectivity index (χ3v) is 4.80. The smallest absolute Gasteiger partial charge is 0.473 e. The summed E-state index contributed by atoms with van der Waals surface area (Å²) in [6.45, 7) is 3.94. The molecule has 4 nitrogen and oxygen atoms in total. The quantitative estimate of drug-likeness (QED) is 0.615. The average molecular weight is 220 g/mol. The lowest BCUT2D eigenvalue weighted by molar-refractivity contribution is -0.138. The van der Waals surface area contributed by atoms with Crippen LogP contribution >= 0.6 is 0 Å². The van der Waals surface area contributed by atoms with Crippen LogP contribution in [0.2, 0.25) is 6.04 Å². The van der Waals surface area contributed by atoms with Gasteiger partial charge >= 0.3 is 8.80 Å². The fraction of sp³-hybridized carbons (Fsp3) is 0.889. The summed E-state index contributed by atoms with van der Waals surface area (Å²) in [5, 5.41) is 0. The van der Waals surface area contributed by atoms with E-state index in [0.29, 0.717) is 12.5 Å². The zero-order valence-electron chi connectivity index (χ0n) is 9.46. The maximum Gasteiger partial charge on any atom is 0.567 e.